The number of fused-ring (bicyclic) bond motifs is 2. The molecular formula is C72H110ClF3N12O12. The quantitative estimate of drug-likeness (QED) is 0.212. The molecule has 1 aromatic rings. The number of alkyl halides is 3. The van der Waals surface area contributed by atoms with Crippen molar-refractivity contribution in [1.29, 1.82) is 0 Å². The van der Waals surface area contributed by atoms with Crippen molar-refractivity contribution in [2.45, 2.75) is 255 Å². The first kappa shape index (κ1) is 80.3. The first-order valence-corrected chi connectivity index (χ1v) is 36.8. The number of halogens is 4. The lowest BCUT2D eigenvalue weighted by Crippen LogP contribution is -2.65. The van der Waals surface area contributed by atoms with Crippen LogP contribution in [0.2, 0.25) is 5.02 Å². The van der Waals surface area contributed by atoms with Crippen molar-refractivity contribution in [3.8, 4) is 0 Å². The van der Waals surface area contributed by atoms with E-state index in [0.29, 0.717) is 63.6 Å². The summed E-state index contributed by atoms with van der Waals surface area (Å²) in [5, 5.41) is 8.17. The first-order chi connectivity index (χ1) is 47.2. The number of likely N-dealkylation sites (tertiary alicyclic amines) is 1. The number of likely N-dealkylation sites (N-methyl/N-ethyl adjacent to an activating group) is 6. The molecule has 0 aromatic heterocycles. The summed E-state index contributed by atoms with van der Waals surface area (Å²) in [6.07, 6.45) is 4.33. The fourth-order valence-corrected chi connectivity index (χ4v) is 15.7. The molecular weight excluding hydrogens is 1320 g/mol. The summed E-state index contributed by atoms with van der Waals surface area (Å²) in [4.78, 5) is 191. The van der Waals surface area contributed by atoms with Gasteiger partial charge in [-0.1, -0.05) is 110 Å². The SMILES string of the molecule is CCC[C@H]1C(=O)N(C)[C@H](C(=O)N2CCCCC2)CC(=O)N(C)[C@@H](CC(C)C)C(=O)N[C@@H]([C@@H](C)CC)C(=O)N(C)[C@@H](C)C(=O)N2CC[C@H]2C(=O)N(C)[C@@H](CC2CCCCC2)C(=O)N(C)CC(=O)N[C@@H](CCc2ccc(C(F)(F)F)c(Cl)c2)C(=O)N2CCC[C@H]2C(=O)NC2(CCCC2)C(=O)N1C. The lowest BCUT2D eigenvalue weighted by molar-refractivity contribution is -0.160. The van der Waals surface area contributed by atoms with Gasteiger partial charge < -0.3 is 60.0 Å². The molecule has 4 saturated heterocycles. The molecule has 2 saturated carbocycles. The number of carbonyl (C=O) groups is 12. The maximum absolute atomic E-state index is 15.4. The number of amides is 12. The molecule has 100 heavy (non-hydrogen) atoms. The van der Waals surface area contributed by atoms with E-state index in [4.69, 9.17) is 11.6 Å². The Morgan fingerprint density at radius 3 is 1.86 bits per heavy atom. The van der Waals surface area contributed by atoms with Gasteiger partial charge in [0.2, 0.25) is 70.9 Å². The van der Waals surface area contributed by atoms with Crippen LogP contribution in [0.15, 0.2) is 18.2 Å². The minimum absolute atomic E-state index is 0.0238. The van der Waals surface area contributed by atoms with Crippen molar-refractivity contribution >= 4 is 82.5 Å². The van der Waals surface area contributed by atoms with Crippen molar-refractivity contribution in [2.24, 2.45) is 17.8 Å². The zero-order valence-electron chi connectivity index (χ0n) is 60.9. The molecule has 0 bridgehead atoms. The number of hydrogen-bond acceptors (Lipinski definition) is 12. The molecule has 24 nitrogen and oxygen atoms in total. The third kappa shape index (κ3) is 19.0. The van der Waals surface area contributed by atoms with Gasteiger partial charge in [-0.05, 0) is 126 Å². The van der Waals surface area contributed by atoms with Crippen LogP contribution in [0.5, 0.6) is 0 Å². The second-order valence-electron chi connectivity index (χ2n) is 29.6. The summed E-state index contributed by atoms with van der Waals surface area (Å²) in [6.45, 7) is 11.0. The predicted octanol–water partition coefficient (Wildman–Crippen LogP) is 6.17. The Morgan fingerprint density at radius 2 is 1.27 bits per heavy atom. The summed E-state index contributed by atoms with van der Waals surface area (Å²) in [5.74, 6) is -8.21. The van der Waals surface area contributed by atoms with E-state index >= 15 is 24.0 Å². The van der Waals surface area contributed by atoms with Gasteiger partial charge in [-0.2, -0.15) is 13.2 Å². The van der Waals surface area contributed by atoms with E-state index < -0.39 is 166 Å². The van der Waals surface area contributed by atoms with Gasteiger partial charge in [0.15, 0.2) is 0 Å². The molecule has 10 atom stereocenters. The second kappa shape index (κ2) is 35.2. The number of hydrogen-bond donors (Lipinski definition) is 3. The smallest absolute Gasteiger partial charge is 0.343 e. The molecule has 28 heteroatoms. The molecule has 558 valence electrons. The molecule has 6 aliphatic rings. The molecule has 7 rings (SSSR count). The van der Waals surface area contributed by atoms with E-state index in [0.717, 1.165) is 55.6 Å². The molecule has 4 heterocycles. The Bertz CT molecular complexity index is 3140. The number of benzene rings is 1. The Labute approximate surface area is 593 Å². The Kier molecular flexibility index (Phi) is 28.3. The topological polar surface area (TPSA) is 270 Å². The van der Waals surface area contributed by atoms with Gasteiger partial charge in [0.05, 0.1) is 23.6 Å². The standard InChI is InChI=1S/C72H110ClF3N12O12/c1-13-24-53-66(96)84(11)57(68(98)86-35-21-16-22-36-86)42-59(90)82(9)55(39-44(3)4)61(91)78-60(45(5)14-2)69(99)81(8)46(6)63(93)88-38-32-54(88)67(97)83(10)56(41-47-25-17-15-18-26-47)65(95)80(7)43-58(89)77-51(31-29-48-28-30-49(50(73)40-48)72(74,75)76)64(94)87-37-23-27-52(87)62(92)79-71(33-19-20-34-71)70(100)85(53)12/h28,30,40,44-47,51-57,60H,13-27,29,31-39,41-43H2,1-12H3,(H,77,89)(H,78,91)(H,79,92)/t45-,46-,51-,52-,53-,54-,55-,56-,57-,60-/m0/s1. The highest BCUT2D eigenvalue weighted by Gasteiger charge is 2.51. The van der Waals surface area contributed by atoms with Gasteiger partial charge in [0.1, 0.15) is 59.9 Å². The van der Waals surface area contributed by atoms with Gasteiger partial charge in [-0.25, -0.2) is 0 Å². The molecule has 1 spiro atoms. The third-order valence-electron chi connectivity index (χ3n) is 22.2. The summed E-state index contributed by atoms with van der Waals surface area (Å²) in [6, 6.07) is -7.76. The highest BCUT2D eigenvalue weighted by Crippen LogP contribution is 2.37. The number of aryl methyl sites for hydroxylation is 1. The molecule has 1 aromatic carbocycles. The number of carbonyl (C=O) groups excluding carboxylic acids is 12. The first-order valence-electron chi connectivity index (χ1n) is 36.4. The van der Waals surface area contributed by atoms with Crippen molar-refractivity contribution in [2.75, 3.05) is 75.0 Å². The van der Waals surface area contributed by atoms with Crippen LogP contribution in [-0.2, 0) is 70.1 Å². The van der Waals surface area contributed by atoms with E-state index in [-0.39, 0.29) is 82.7 Å². The molecule has 0 unspecified atom stereocenters. The highest BCUT2D eigenvalue weighted by molar-refractivity contribution is 6.31. The molecule has 6 fully saturated rings. The average Bonchev–Trinajstić information content (AvgIpc) is 1.75. The minimum atomic E-state index is -4.76. The zero-order chi connectivity index (χ0) is 73.8. The molecule has 12 amide bonds. The van der Waals surface area contributed by atoms with Crippen LogP contribution >= 0.6 is 11.6 Å². The van der Waals surface area contributed by atoms with Gasteiger partial charge in [0.25, 0.3) is 0 Å². The number of rotatable bonds is 12. The summed E-state index contributed by atoms with van der Waals surface area (Å²) in [7, 11) is 8.63. The zero-order valence-corrected chi connectivity index (χ0v) is 61.7. The monoisotopic (exact) mass is 1430 g/mol. The normalized spacial score (nSPS) is 27.8. The average molecular weight is 1430 g/mol. The Balaban J connectivity index is 1.28. The second-order valence-corrected chi connectivity index (χ2v) is 30.0. The van der Waals surface area contributed by atoms with Crippen molar-refractivity contribution in [3.63, 3.8) is 0 Å². The Hall–Kier alpha value is -7.06. The molecule has 3 N–H and O–H groups in total. The van der Waals surface area contributed by atoms with Gasteiger partial charge >= 0.3 is 6.18 Å². The van der Waals surface area contributed by atoms with Gasteiger partial charge in [-0.3, -0.25) is 57.5 Å². The van der Waals surface area contributed by atoms with Crippen molar-refractivity contribution in [1.82, 2.24) is 60.0 Å². The molecule has 0 radical (unpaired) electrons. The molecule has 2 aliphatic carbocycles. The fourth-order valence-electron chi connectivity index (χ4n) is 15.4. The van der Waals surface area contributed by atoms with Gasteiger partial charge in [0, 0.05) is 68.5 Å². The van der Waals surface area contributed by atoms with E-state index in [9.17, 15) is 46.7 Å². The molecule has 4 aliphatic heterocycles. The Morgan fingerprint density at radius 1 is 0.630 bits per heavy atom. The van der Waals surface area contributed by atoms with Crippen LogP contribution in [-0.4, -0.2) is 250 Å². The maximum Gasteiger partial charge on any atom is 0.417 e. The van der Waals surface area contributed by atoms with E-state index in [1.54, 1.807) is 11.8 Å². The number of nitrogens with zero attached hydrogens (tertiary/aromatic N) is 9. The summed E-state index contributed by atoms with van der Waals surface area (Å²) in [5.41, 5.74) is -2.34. The van der Waals surface area contributed by atoms with Crippen LogP contribution in [0.1, 0.15) is 194 Å². The lowest BCUT2D eigenvalue weighted by atomic mass is 9.84. The van der Waals surface area contributed by atoms with Crippen LogP contribution in [0.25, 0.3) is 0 Å². The largest absolute Gasteiger partial charge is 0.417 e. The van der Waals surface area contributed by atoms with Crippen LogP contribution < -0.4 is 16.0 Å². The summed E-state index contributed by atoms with van der Waals surface area (Å²) < 4.78 is 41.6. The highest BCUT2D eigenvalue weighted by atomic mass is 35.5. The van der Waals surface area contributed by atoms with Crippen LogP contribution in [0.3, 0.4) is 0 Å². The number of piperidine rings is 1. The minimum Gasteiger partial charge on any atom is -0.343 e. The van der Waals surface area contributed by atoms with E-state index in [2.05, 4.69) is 16.0 Å². The third-order valence-corrected chi connectivity index (χ3v) is 22.5. The van der Waals surface area contributed by atoms with E-state index in [1.165, 1.54) is 89.6 Å². The van der Waals surface area contributed by atoms with Crippen LogP contribution in [0, 0.1) is 17.8 Å². The van der Waals surface area contributed by atoms with Gasteiger partial charge in [-0.15, -0.1) is 0 Å². The predicted molar refractivity (Wildman–Crippen MR) is 369 cm³/mol. The fraction of sp³-hybridized carbons (Fsp3) is 0.750. The maximum atomic E-state index is 15.4. The van der Waals surface area contributed by atoms with Crippen molar-refractivity contribution < 1.29 is 70.7 Å². The van der Waals surface area contributed by atoms with E-state index in [1.807, 2.05) is 27.7 Å². The lowest BCUT2D eigenvalue weighted by Gasteiger charge is -2.45. The summed E-state index contributed by atoms with van der Waals surface area (Å²) >= 11 is 6.16. The number of nitrogens with one attached hydrogen (secondary N) is 3. The van der Waals surface area contributed by atoms with Crippen molar-refractivity contribution in [3.05, 3.63) is 34.3 Å². The van der Waals surface area contributed by atoms with Crippen LogP contribution in [0.4, 0.5) is 13.2 Å².